The molecule has 20 heavy (non-hydrogen) atoms. The molecular formula is C13H15BrClN3O2. The van der Waals surface area contributed by atoms with Gasteiger partial charge in [0.15, 0.2) is 0 Å². The highest BCUT2D eigenvalue weighted by atomic mass is 79.9. The molecular weight excluding hydrogens is 346 g/mol. The van der Waals surface area contributed by atoms with Gasteiger partial charge in [-0.2, -0.15) is 0 Å². The summed E-state index contributed by atoms with van der Waals surface area (Å²) in [7, 11) is 0. The lowest BCUT2D eigenvalue weighted by molar-refractivity contribution is -0.140. The van der Waals surface area contributed by atoms with Crippen LogP contribution in [0, 0.1) is 5.92 Å². The molecule has 2 aliphatic rings. The zero-order chi connectivity index (χ0) is 14.1. The van der Waals surface area contributed by atoms with Gasteiger partial charge in [-0.05, 0) is 22.0 Å². The number of carbonyl (C=O) groups excluding carboxylic acids is 1. The number of anilines is 1. The fourth-order valence-corrected chi connectivity index (χ4v) is 3.38. The zero-order valence-corrected chi connectivity index (χ0v) is 13.2. The molecule has 108 valence electrons. The van der Waals surface area contributed by atoms with Gasteiger partial charge in [-0.15, -0.1) is 0 Å². The first-order valence-electron chi connectivity index (χ1n) is 6.57. The Bertz CT molecular complexity index is 516. The fourth-order valence-electron chi connectivity index (χ4n) is 2.49. The Morgan fingerprint density at radius 3 is 2.75 bits per heavy atom. The molecule has 2 fully saturated rings. The van der Waals surface area contributed by atoms with Gasteiger partial charge in [0, 0.05) is 32.4 Å². The largest absolute Gasteiger partial charge is 0.378 e. The first-order valence-corrected chi connectivity index (χ1v) is 7.75. The Kier molecular flexibility index (Phi) is 4.14. The number of hydrogen-bond donors (Lipinski definition) is 0. The standard InChI is InChI=1S/C13H15BrClN3O2/c14-11-5-10(15)6-16-12(11)18-7-9(8-18)13(19)17-1-3-20-4-2-17/h5-6,9H,1-4,7-8H2. The van der Waals surface area contributed by atoms with E-state index in [4.69, 9.17) is 16.3 Å². The number of ether oxygens (including phenoxy) is 1. The van der Waals surface area contributed by atoms with Crippen LogP contribution in [-0.4, -0.2) is 55.2 Å². The predicted octanol–water partition coefficient (Wildman–Crippen LogP) is 1.79. The van der Waals surface area contributed by atoms with Gasteiger partial charge >= 0.3 is 0 Å². The minimum Gasteiger partial charge on any atom is -0.378 e. The molecule has 0 radical (unpaired) electrons. The number of rotatable bonds is 2. The molecule has 0 bridgehead atoms. The molecule has 0 atom stereocenters. The normalized spacial score (nSPS) is 19.9. The van der Waals surface area contributed by atoms with Crippen molar-refractivity contribution in [3.05, 3.63) is 21.8 Å². The minimum absolute atomic E-state index is 0.0671. The third kappa shape index (κ3) is 2.77. The lowest BCUT2D eigenvalue weighted by Gasteiger charge is -2.42. The highest BCUT2D eigenvalue weighted by molar-refractivity contribution is 9.10. The number of halogens is 2. The van der Waals surface area contributed by atoms with Gasteiger partial charge in [0.2, 0.25) is 5.91 Å². The van der Waals surface area contributed by atoms with Gasteiger partial charge < -0.3 is 14.5 Å². The third-order valence-electron chi connectivity index (χ3n) is 3.64. The summed E-state index contributed by atoms with van der Waals surface area (Å²) in [5, 5.41) is 0.599. The Hall–Kier alpha value is -0.850. The first kappa shape index (κ1) is 14.1. The van der Waals surface area contributed by atoms with Crippen molar-refractivity contribution in [1.29, 1.82) is 0 Å². The monoisotopic (exact) mass is 359 g/mol. The lowest BCUT2D eigenvalue weighted by atomic mass is 9.98. The average molecular weight is 361 g/mol. The van der Waals surface area contributed by atoms with Crippen LogP contribution in [-0.2, 0) is 9.53 Å². The maximum atomic E-state index is 12.3. The molecule has 3 rings (SSSR count). The molecule has 5 nitrogen and oxygen atoms in total. The van der Waals surface area contributed by atoms with Gasteiger partial charge in [0.25, 0.3) is 0 Å². The van der Waals surface area contributed by atoms with E-state index < -0.39 is 0 Å². The van der Waals surface area contributed by atoms with Crippen LogP contribution in [0.3, 0.4) is 0 Å². The quantitative estimate of drug-likeness (QED) is 0.807. The van der Waals surface area contributed by atoms with E-state index in [1.54, 1.807) is 6.20 Å². The van der Waals surface area contributed by atoms with E-state index in [-0.39, 0.29) is 11.8 Å². The highest BCUT2D eigenvalue weighted by Gasteiger charge is 2.37. The summed E-state index contributed by atoms with van der Waals surface area (Å²) < 4.78 is 6.13. The molecule has 2 aliphatic heterocycles. The van der Waals surface area contributed by atoms with Crippen molar-refractivity contribution >= 4 is 39.3 Å². The van der Waals surface area contributed by atoms with E-state index >= 15 is 0 Å². The van der Waals surface area contributed by atoms with Crippen LogP contribution in [0.15, 0.2) is 16.7 Å². The molecule has 7 heteroatoms. The van der Waals surface area contributed by atoms with Crippen molar-refractivity contribution in [3.8, 4) is 0 Å². The Morgan fingerprint density at radius 2 is 2.10 bits per heavy atom. The molecule has 3 heterocycles. The van der Waals surface area contributed by atoms with E-state index in [9.17, 15) is 4.79 Å². The summed E-state index contributed by atoms with van der Waals surface area (Å²) in [6.45, 7) is 4.13. The summed E-state index contributed by atoms with van der Waals surface area (Å²) in [6, 6.07) is 1.82. The molecule has 2 saturated heterocycles. The number of morpholine rings is 1. The topological polar surface area (TPSA) is 45.7 Å². The van der Waals surface area contributed by atoms with Crippen molar-refractivity contribution in [3.63, 3.8) is 0 Å². The molecule has 0 aliphatic carbocycles. The molecule has 1 amide bonds. The van der Waals surface area contributed by atoms with Crippen LogP contribution >= 0.6 is 27.5 Å². The molecule has 0 spiro atoms. The van der Waals surface area contributed by atoms with Gasteiger partial charge in [0.1, 0.15) is 5.82 Å². The van der Waals surface area contributed by atoms with E-state index in [0.717, 1.165) is 10.3 Å². The van der Waals surface area contributed by atoms with Crippen LogP contribution in [0.25, 0.3) is 0 Å². The van der Waals surface area contributed by atoms with Gasteiger partial charge in [-0.3, -0.25) is 4.79 Å². The van der Waals surface area contributed by atoms with Crippen molar-refractivity contribution < 1.29 is 9.53 Å². The van der Waals surface area contributed by atoms with Crippen molar-refractivity contribution in [2.24, 2.45) is 5.92 Å². The molecule has 0 unspecified atom stereocenters. The van der Waals surface area contributed by atoms with Crippen LogP contribution in [0.5, 0.6) is 0 Å². The number of carbonyl (C=O) groups is 1. The van der Waals surface area contributed by atoms with Gasteiger partial charge in [-0.1, -0.05) is 11.6 Å². The van der Waals surface area contributed by atoms with Crippen molar-refractivity contribution in [2.75, 3.05) is 44.3 Å². The fraction of sp³-hybridized carbons (Fsp3) is 0.538. The number of hydrogen-bond acceptors (Lipinski definition) is 4. The number of pyridine rings is 1. The Morgan fingerprint density at radius 1 is 1.40 bits per heavy atom. The molecule has 0 aromatic carbocycles. The molecule has 1 aromatic rings. The minimum atomic E-state index is 0.0671. The van der Waals surface area contributed by atoms with Crippen LogP contribution in [0.4, 0.5) is 5.82 Å². The predicted molar refractivity (Wildman–Crippen MR) is 80.0 cm³/mol. The average Bonchev–Trinajstić information content (AvgIpc) is 2.40. The molecule has 0 N–H and O–H groups in total. The van der Waals surface area contributed by atoms with Gasteiger partial charge in [-0.25, -0.2) is 4.98 Å². The molecule has 0 saturated carbocycles. The Labute approximate surface area is 131 Å². The second-order valence-electron chi connectivity index (χ2n) is 5.00. The second-order valence-corrected chi connectivity index (χ2v) is 6.29. The summed E-state index contributed by atoms with van der Waals surface area (Å²) in [5.74, 6) is 1.15. The second kappa shape index (κ2) is 5.87. The van der Waals surface area contributed by atoms with Crippen molar-refractivity contribution in [1.82, 2.24) is 9.88 Å². The summed E-state index contributed by atoms with van der Waals surface area (Å²) in [5.41, 5.74) is 0. The van der Waals surface area contributed by atoms with E-state index in [1.807, 2.05) is 11.0 Å². The van der Waals surface area contributed by atoms with E-state index in [2.05, 4.69) is 25.8 Å². The summed E-state index contributed by atoms with van der Waals surface area (Å²) in [6.07, 6.45) is 1.62. The molecule has 1 aromatic heterocycles. The smallest absolute Gasteiger partial charge is 0.229 e. The Balaban J connectivity index is 1.59. The number of amides is 1. The van der Waals surface area contributed by atoms with E-state index in [1.165, 1.54) is 0 Å². The van der Waals surface area contributed by atoms with Crippen LogP contribution < -0.4 is 4.90 Å². The first-order chi connectivity index (χ1) is 9.65. The highest BCUT2D eigenvalue weighted by Crippen LogP contribution is 2.31. The number of aromatic nitrogens is 1. The summed E-state index contributed by atoms with van der Waals surface area (Å²) in [4.78, 5) is 20.6. The van der Waals surface area contributed by atoms with Crippen molar-refractivity contribution in [2.45, 2.75) is 0 Å². The van der Waals surface area contributed by atoms with Crippen LogP contribution in [0.1, 0.15) is 0 Å². The van der Waals surface area contributed by atoms with E-state index in [0.29, 0.717) is 44.4 Å². The SMILES string of the molecule is O=C(C1CN(c2ncc(Cl)cc2Br)C1)N1CCOCC1. The zero-order valence-electron chi connectivity index (χ0n) is 10.9. The lowest BCUT2D eigenvalue weighted by Crippen LogP contribution is -2.56. The van der Waals surface area contributed by atoms with Gasteiger partial charge in [0.05, 0.1) is 28.6 Å². The van der Waals surface area contributed by atoms with Crippen LogP contribution in [0.2, 0.25) is 5.02 Å². The number of nitrogens with zero attached hydrogens (tertiary/aromatic N) is 3. The maximum Gasteiger partial charge on any atom is 0.229 e. The maximum absolute atomic E-state index is 12.3. The summed E-state index contributed by atoms with van der Waals surface area (Å²) >= 11 is 9.34. The third-order valence-corrected chi connectivity index (χ3v) is 4.43.